The van der Waals surface area contributed by atoms with Gasteiger partial charge in [0.1, 0.15) is 0 Å². The summed E-state index contributed by atoms with van der Waals surface area (Å²) in [4.78, 5) is 0. The Bertz CT molecular complexity index is 103. The quantitative estimate of drug-likeness (QED) is 0.743. The molecule has 0 aromatic carbocycles. The molecule has 0 aromatic heterocycles. The van der Waals surface area contributed by atoms with E-state index in [9.17, 15) is 0 Å². The summed E-state index contributed by atoms with van der Waals surface area (Å²) in [6, 6.07) is 0. The molecule has 53 valence electrons. The van der Waals surface area contributed by atoms with Gasteiger partial charge >= 0.3 is 77.5 Å². The van der Waals surface area contributed by atoms with Gasteiger partial charge in [-0.2, -0.15) is 0 Å². The monoisotopic (exact) mass is 261 g/mol. The van der Waals surface area contributed by atoms with E-state index in [4.69, 9.17) is 17.0 Å². The maximum atomic E-state index is 5.67. The molecule has 0 N–H and O–H groups in total. The summed E-state index contributed by atoms with van der Waals surface area (Å²) in [5, 5.41) is 0. The van der Waals surface area contributed by atoms with E-state index in [2.05, 4.69) is 12.6 Å². The third-order valence-electron chi connectivity index (χ3n) is 0.862. The van der Waals surface area contributed by atoms with Gasteiger partial charge in [0.25, 0.3) is 0 Å². The Labute approximate surface area is 76.8 Å². The van der Waals surface area contributed by atoms with Crippen molar-refractivity contribution in [2.45, 2.75) is 13.3 Å². The van der Waals surface area contributed by atoms with Gasteiger partial charge in [0, 0.05) is 0 Å². The topological polar surface area (TPSA) is 0 Å². The molecular formula is C5H9Cl2SZr. The zero-order chi connectivity index (χ0) is 7.28. The van der Waals surface area contributed by atoms with E-state index in [0.29, 0.717) is 0 Å². The zero-order valence-electron chi connectivity index (χ0n) is 5.19. The second-order valence-electron chi connectivity index (χ2n) is 1.75. The number of hydrogen-bond donors (Lipinski definition) is 1. The molecule has 0 aliphatic heterocycles. The van der Waals surface area contributed by atoms with Gasteiger partial charge in [-0.1, -0.05) is 0 Å². The average Bonchev–Trinajstić information content (AvgIpc) is 1.63. The standard InChI is InChI=1S/C5H9S.2ClH.Zr/c1-5(2)3-4-6;;;/h1,6H,3-4H2,2H3;2*1H;/q;;;+2/p-2. The molecule has 0 nitrogen and oxygen atoms in total. The molecule has 0 rings (SSSR count). The van der Waals surface area contributed by atoms with Gasteiger partial charge < -0.3 is 0 Å². The normalized spacial score (nSPS) is 11.8. The summed E-state index contributed by atoms with van der Waals surface area (Å²) in [5.41, 5.74) is 1.28. The summed E-state index contributed by atoms with van der Waals surface area (Å²) >= 11 is 2.09. The molecule has 0 saturated heterocycles. The first kappa shape index (κ1) is 10.6. The third kappa shape index (κ3) is 7.45. The van der Waals surface area contributed by atoms with Gasteiger partial charge in [-0.3, -0.25) is 0 Å². The van der Waals surface area contributed by atoms with Gasteiger partial charge in [-0.05, 0) is 0 Å². The van der Waals surface area contributed by atoms with E-state index in [1.54, 1.807) is 0 Å². The molecule has 0 atom stereocenters. The second kappa shape index (κ2) is 6.28. The SMILES string of the molecule is CC(=[CH][Zr]([Cl])[Cl])CCS. The van der Waals surface area contributed by atoms with Crippen molar-refractivity contribution in [2.24, 2.45) is 0 Å². The molecule has 0 saturated carbocycles. The van der Waals surface area contributed by atoms with E-state index in [1.807, 2.05) is 10.7 Å². The van der Waals surface area contributed by atoms with Crippen LogP contribution in [0.4, 0.5) is 0 Å². The maximum absolute atomic E-state index is 5.67. The van der Waals surface area contributed by atoms with Gasteiger partial charge in [0.2, 0.25) is 0 Å². The van der Waals surface area contributed by atoms with Gasteiger partial charge in [-0.25, -0.2) is 0 Å². The Hall–Kier alpha value is 1.55. The number of halogens is 2. The van der Waals surface area contributed by atoms with Crippen LogP contribution in [0.2, 0.25) is 0 Å². The van der Waals surface area contributed by atoms with Crippen LogP contribution in [0, 0.1) is 0 Å². The number of hydrogen-bond acceptors (Lipinski definition) is 1. The van der Waals surface area contributed by atoms with Crippen molar-refractivity contribution in [3.63, 3.8) is 0 Å². The van der Waals surface area contributed by atoms with E-state index in [-0.39, 0.29) is 0 Å². The van der Waals surface area contributed by atoms with Crippen LogP contribution in [-0.4, -0.2) is 5.75 Å². The molecule has 0 bridgehead atoms. The molecule has 0 unspecified atom stereocenters. The molecule has 0 radical (unpaired) electrons. The van der Waals surface area contributed by atoms with Crippen molar-refractivity contribution < 1.29 is 19.4 Å². The Kier molecular flexibility index (Phi) is 7.36. The molecule has 0 fully saturated rings. The fourth-order valence-corrected chi connectivity index (χ4v) is 4.26. The van der Waals surface area contributed by atoms with Crippen LogP contribution in [0.5, 0.6) is 0 Å². The van der Waals surface area contributed by atoms with Crippen molar-refractivity contribution in [3.8, 4) is 0 Å². The number of allylic oxidation sites excluding steroid dienone is 1. The van der Waals surface area contributed by atoms with Gasteiger partial charge in [0.15, 0.2) is 0 Å². The van der Waals surface area contributed by atoms with Gasteiger partial charge in [-0.15, -0.1) is 0 Å². The van der Waals surface area contributed by atoms with E-state index in [0.717, 1.165) is 12.2 Å². The van der Waals surface area contributed by atoms with E-state index in [1.165, 1.54) is 5.57 Å². The second-order valence-corrected chi connectivity index (χ2v) is 10.3. The first-order valence-electron chi connectivity index (χ1n) is 2.63. The van der Waals surface area contributed by atoms with Crippen molar-refractivity contribution >= 4 is 29.7 Å². The molecule has 0 spiro atoms. The van der Waals surface area contributed by atoms with Crippen molar-refractivity contribution in [1.29, 1.82) is 0 Å². The van der Waals surface area contributed by atoms with Crippen molar-refractivity contribution in [2.75, 3.05) is 5.75 Å². The fourth-order valence-electron chi connectivity index (χ4n) is 0.435. The predicted octanol–water partition coefficient (Wildman–Crippen LogP) is 3.14. The number of rotatable bonds is 3. The predicted molar refractivity (Wildman–Crippen MR) is 43.9 cm³/mol. The summed E-state index contributed by atoms with van der Waals surface area (Å²) in [5.74, 6) is 0.881. The van der Waals surface area contributed by atoms with Crippen LogP contribution in [0.3, 0.4) is 0 Å². The molecule has 0 aliphatic rings. The van der Waals surface area contributed by atoms with Crippen LogP contribution in [0.25, 0.3) is 0 Å². The molecule has 9 heavy (non-hydrogen) atoms. The van der Waals surface area contributed by atoms with Crippen LogP contribution in [-0.2, 0) is 19.4 Å². The molecular weight excluding hydrogens is 254 g/mol. The van der Waals surface area contributed by atoms with E-state index < -0.39 is 19.4 Å². The summed E-state index contributed by atoms with van der Waals surface area (Å²) in [7, 11) is 11.3. The zero-order valence-corrected chi connectivity index (χ0v) is 10.1. The van der Waals surface area contributed by atoms with Gasteiger partial charge in [0.05, 0.1) is 0 Å². The Balaban J connectivity index is 3.55. The molecule has 0 heterocycles. The van der Waals surface area contributed by atoms with E-state index >= 15 is 0 Å². The average molecular weight is 263 g/mol. The first-order valence-corrected chi connectivity index (χ1v) is 11.0. The summed E-state index contributed by atoms with van der Waals surface area (Å²) < 4.78 is 2.02. The number of thiol groups is 1. The van der Waals surface area contributed by atoms with Crippen LogP contribution < -0.4 is 0 Å². The van der Waals surface area contributed by atoms with Crippen LogP contribution in [0.1, 0.15) is 13.3 Å². The van der Waals surface area contributed by atoms with Crippen LogP contribution >= 0.6 is 29.7 Å². The van der Waals surface area contributed by atoms with Crippen LogP contribution in [0.15, 0.2) is 9.36 Å². The van der Waals surface area contributed by atoms with Crippen molar-refractivity contribution in [3.05, 3.63) is 9.36 Å². The Morgan fingerprint density at radius 3 is 2.56 bits per heavy atom. The molecule has 0 amide bonds. The molecule has 4 heteroatoms. The minimum absolute atomic E-state index is 0.881. The first-order chi connectivity index (χ1) is 4.16. The summed E-state index contributed by atoms with van der Waals surface area (Å²) in [6.45, 7) is 2.04. The molecule has 0 aromatic rings. The Morgan fingerprint density at radius 2 is 2.22 bits per heavy atom. The third-order valence-corrected chi connectivity index (χ3v) is 4.12. The minimum atomic E-state index is -1.99. The summed E-state index contributed by atoms with van der Waals surface area (Å²) in [6.07, 6.45) is 1.01. The van der Waals surface area contributed by atoms with Crippen molar-refractivity contribution in [1.82, 2.24) is 0 Å². The Morgan fingerprint density at radius 1 is 1.67 bits per heavy atom. The fraction of sp³-hybridized carbons (Fsp3) is 0.600. The molecule has 0 aliphatic carbocycles.